The highest BCUT2D eigenvalue weighted by atomic mass is 16.6. The van der Waals surface area contributed by atoms with Crippen LogP contribution in [0.25, 0.3) is 0 Å². The first-order valence-electron chi connectivity index (χ1n) is 12.1. The van der Waals surface area contributed by atoms with Crippen molar-refractivity contribution < 1.29 is 23.8 Å². The third-order valence-corrected chi connectivity index (χ3v) is 6.79. The summed E-state index contributed by atoms with van der Waals surface area (Å²) in [5.74, 6) is 0.897. The average Bonchev–Trinajstić information content (AvgIpc) is 3.06. The average molecular weight is 466 g/mol. The van der Waals surface area contributed by atoms with Gasteiger partial charge in [0.1, 0.15) is 6.61 Å². The number of hydrogen-bond acceptors (Lipinski definition) is 6. The number of carbonyl (C=O) groups excluding carboxylic acids is 2. The summed E-state index contributed by atoms with van der Waals surface area (Å²) < 4.78 is 17.9. The van der Waals surface area contributed by atoms with Crippen molar-refractivity contribution in [1.29, 1.82) is 0 Å². The molecule has 8 heteroatoms. The van der Waals surface area contributed by atoms with Gasteiger partial charge in [-0.15, -0.1) is 0 Å². The number of para-hydroxylation sites is 2. The molecule has 2 aromatic rings. The highest BCUT2D eigenvalue weighted by Gasteiger charge is 2.38. The van der Waals surface area contributed by atoms with E-state index in [1.54, 1.807) is 23.4 Å². The summed E-state index contributed by atoms with van der Waals surface area (Å²) in [4.78, 5) is 34.5. The lowest BCUT2D eigenvalue weighted by atomic mass is 9.94. The van der Waals surface area contributed by atoms with Crippen molar-refractivity contribution in [3.63, 3.8) is 0 Å². The Morgan fingerprint density at radius 1 is 1.06 bits per heavy atom. The van der Waals surface area contributed by atoms with E-state index in [9.17, 15) is 9.59 Å². The number of pyridine rings is 1. The second kappa shape index (κ2) is 10.4. The van der Waals surface area contributed by atoms with Gasteiger partial charge in [-0.3, -0.25) is 14.6 Å². The van der Waals surface area contributed by atoms with E-state index in [-0.39, 0.29) is 37.1 Å². The van der Waals surface area contributed by atoms with Crippen LogP contribution in [0.5, 0.6) is 11.5 Å². The molecule has 1 aromatic heterocycles. The predicted octanol–water partition coefficient (Wildman–Crippen LogP) is 2.81. The van der Waals surface area contributed by atoms with Gasteiger partial charge < -0.3 is 24.0 Å². The molecule has 3 heterocycles. The van der Waals surface area contributed by atoms with Crippen LogP contribution in [0.2, 0.25) is 0 Å². The van der Waals surface area contributed by atoms with Crippen LogP contribution in [0.4, 0.5) is 0 Å². The molecule has 1 aromatic carbocycles. The van der Waals surface area contributed by atoms with E-state index in [2.05, 4.69) is 4.98 Å². The molecule has 8 nitrogen and oxygen atoms in total. The first-order chi connectivity index (χ1) is 16.7. The molecular weight excluding hydrogens is 434 g/mol. The number of hydrogen-bond donors (Lipinski definition) is 0. The van der Waals surface area contributed by atoms with E-state index in [1.165, 1.54) is 6.42 Å². The Morgan fingerprint density at radius 2 is 1.88 bits per heavy atom. The van der Waals surface area contributed by atoms with Gasteiger partial charge in [-0.2, -0.15) is 0 Å². The molecule has 3 aliphatic rings. The van der Waals surface area contributed by atoms with Crippen molar-refractivity contribution in [2.75, 3.05) is 26.2 Å². The quantitative estimate of drug-likeness (QED) is 0.676. The van der Waals surface area contributed by atoms with Crippen LogP contribution < -0.4 is 9.47 Å². The van der Waals surface area contributed by atoms with Crippen molar-refractivity contribution in [1.82, 2.24) is 14.8 Å². The van der Waals surface area contributed by atoms with E-state index in [4.69, 9.17) is 14.2 Å². The highest BCUT2D eigenvalue weighted by Crippen LogP contribution is 2.32. The molecule has 0 radical (unpaired) electrons. The lowest BCUT2D eigenvalue weighted by Gasteiger charge is -2.34. The summed E-state index contributed by atoms with van der Waals surface area (Å²) in [5, 5.41) is 0. The molecule has 0 spiro atoms. The fourth-order valence-electron chi connectivity index (χ4n) is 5.00. The zero-order valence-electron chi connectivity index (χ0n) is 19.3. The van der Waals surface area contributed by atoms with Crippen molar-refractivity contribution in [3.8, 4) is 11.5 Å². The van der Waals surface area contributed by atoms with Crippen molar-refractivity contribution in [2.24, 2.45) is 0 Å². The van der Waals surface area contributed by atoms with Crippen LogP contribution in [0.1, 0.15) is 37.7 Å². The molecule has 1 saturated carbocycles. The van der Waals surface area contributed by atoms with Gasteiger partial charge in [-0.25, -0.2) is 0 Å². The number of amides is 2. The molecule has 0 unspecified atom stereocenters. The standard InChI is InChI=1S/C26H31N3O5/c30-25-16-28(26(31)24-18-33-22-10-4-5-11-23(22)34-24)14-21(32-17-19-7-6-12-27-13-19)15-29(25)20-8-2-1-3-9-20/h4-7,10-13,20-21,24H,1-3,8-9,14-18H2/t21-,24+/m1/s1. The highest BCUT2D eigenvalue weighted by molar-refractivity contribution is 5.88. The number of benzene rings is 1. The lowest BCUT2D eigenvalue weighted by molar-refractivity contribution is -0.146. The molecule has 2 fully saturated rings. The minimum atomic E-state index is -0.789. The molecule has 0 N–H and O–H groups in total. The SMILES string of the molecule is O=C([C@@H]1COc2ccccc2O1)N1CC(=O)N(C2CCCCC2)C[C@H](OCc2cccnc2)C1. The van der Waals surface area contributed by atoms with E-state index in [0.29, 0.717) is 31.2 Å². The first kappa shape index (κ1) is 22.7. The van der Waals surface area contributed by atoms with E-state index < -0.39 is 6.10 Å². The molecule has 2 atom stereocenters. The summed E-state index contributed by atoms with van der Waals surface area (Å²) in [6.07, 6.45) is 7.90. The Hall–Kier alpha value is -3.13. The van der Waals surface area contributed by atoms with Crippen LogP contribution in [0.3, 0.4) is 0 Å². The number of carbonyl (C=O) groups is 2. The topological polar surface area (TPSA) is 81.2 Å². The van der Waals surface area contributed by atoms with E-state index in [1.807, 2.05) is 35.2 Å². The molecule has 180 valence electrons. The summed E-state index contributed by atoms with van der Waals surface area (Å²) in [6.45, 7) is 1.34. The number of aromatic nitrogens is 1. The maximum atomic E-state index is 13.4. The number of ether oxygens (including phenoxy) is 3. The zero-order chi connectivity index (χ0) is 23.3. The second-order valence-corrected chi connectivity index (χ2v) is 9.22. The molecule has 2 aliphatic heterocycles. The minimum Gasteiger partial charge on any atom is -0.485 e. The molecule has 1 aliphatic carbocycles. The fourth-order valence-corrected chi connectivity index (χ4v) is 5.00. The summed E-state index contributed by atoms with van der Waals surface area (Å²) in [7, 11) is 0. The minimum absolute atomic E-state index is 0.0233. The Labute approximate surface area is 199 Å². The molecule has 34 heavy (non-hydrogen) atoms. The van der Waals surface area contributed by atoms with Gasteiger partial charge >= 0.3 is 0 Å². The Kier molecular flexibility index (Phi) is 6.94. The largest absolute Gasteiger partial charge is 0.485 e. The second-order valence-electron chi connectivity index (χ2n) is 9.22. The maximum absolute atomic E-state index is 13.4. The van der Waals surface area contributed by atoms with Gasteiger partial charge in [0.05, 0.1) is 19.3 Å². The predicted molar refractivity (Wildman–Crippen MR) is 124 cm³/mol. The number of rotatable bonds is 5. The van der Waals surface area contributed by atoms with E-state index in [0.717, 1.165) is 31.2 Å². The van der Waals surface area contributed by atoms with Crippen molar-refractivity contribution in [3.05, 3.63) is 54.4 Å². The Bertz CT molecular complexity index is 995. The third kappa shape index (κ3) is 5.17. The third-order valence-electron chi connectivity index (χ3n) is 6.79. The number of nitrogens with zero attached hydrogens (tertiary/aromatic N) is 3. The molecular formula is C26H31N3O5. The lowest BCUT2D eigenvalue weighted by Crippen LogP contribution is -2.50. The van der Waals surface area contributed by atoms with Gasteiger partial charge in [0.2, 0.25) is 12.0 Å². The smallest absolute Gasteiger partial charge is 0.267 e. The fraction of sp³-hybridized carbons (Fsp3) is 0.500. The molecule has 0 bridgehead atoms. The maximum Gasteiger partial charge on any atom is 0.267 e. The molecule has 5 rings (SSSR count). The Balaban J connectivity index is 1.32. The van der Waals surface area contributed by atoms with Crippen LogP contribution in [-0.2, 0) is 20.9 Å². The zero-order valence-corrected chi connectivity index (χ0v) is 19.3. The Morgan fingerprint density at radius 3 is 2.68 bits per heavy atom. The first-order valence-corrected chi connectivity index (χ1v) is 12.1. The van der Waals surface area contributed by atoms with Crippen LogP contribution in [0, 0.1) is 0 Å². The molecule has 1 saturated heterocycles. The summed E-state index contributed by atoms with van der Waals surface area (Å²) in [6, 6.07) is 11.3. The van der Waals surface area contributed by atoms with Gasteiger partial charge in [0, 0.05) is 31.5 Å². The normalized spacial score (nSPS) is 23.5. The van der Waals surface area contributed by atoms with Gasteiger partial charge in [-0.1, -0.05) is 37.5 Å². The summed E-state index contributed by atoms with van der Waals surface area (Å²) >= 11 is 0. The summed E-state index contributed by atoms with van der Waals surface area (Å²) in [5.41, 5.74) is 0.959. The van der Waals surface area contributed by atoms with Gasteiger partial charge in [-0.05, 0) is 36.6 Å². The van der Waals surface area contributed by atoms with Crippen molar-refractivity contribution >= 4 is 11.8 Å². The molecule has 2 amide bonds. The van der Waals surface area contributed by atoms with Gasteiger partial charge in [0.15, 0.2) is 11.5 Å². The number of fused-ring (bicyclic) bond motifs is 1. The van der Waals surface area contributed by atoms with Crippen LogP contribution >= 0.6 is 0 Å². The van der Waals surface area contributed by atoms with Crippen LogP contribution in [0.15, 0.2) is 48.8 Å². The van der Waals surface area contributed by atoms with Gasteiger partial charge in [0.25, 0.3) is 5.91 Å². The van der Waals surface area contributed by atoms with E-state index >= 15 is 0 Å². The van der Waals surface area contributed by atoms with Crippen molar-refractivity contribution in [2.45, 2.75) is 57.0 Å². The van der Waals surface area contributed by atoms with Crippen LogP contribution in [-0.4, -0.2) is 71.1 Å². The monoisotopic (exact) mass is 465 g/mol.